The first-order valence-corrected chi connectivity index (χ1v) is 6.08. The number of nitrogens with one attached hydrogen (secondary N) is 1. The summed E-state index contributed by atoms with van der Waals surface area (Å²) in [5.41, 5.74) is 7.16. The molecule has 1 amide bonds. The molecular formula is C13H18N2O3. The van der Waals surface area contributed by atoms with Gasteiger partial charge in [0.15, 0.2) is 0 Å². The first-order valence-electron chi connectivity index (χ1n) is 6.08. The molecule has 0 spiro atoms. The van der Waals surface area contributed by atoms with Crippen molar-refractivity contribution in [1.29, 1.82) is 0 Å². The lowest BCUT2D eigenvalue weighted by Crippen LogP contribution is -2.26. The quantitative estimate of drug-likeness (QED) is 0.641. The zero-order chi connectivity index (χ0) is 13.0. The Morgan fingerprint density at radius 2 is 2.39 bits per heavy atom. The second-order valence-electron chi connectivity index (χ2n) is 4.41. The summed E-state index contributed by atoms with van der Waals surface area (Å²) in [7, 11) is 0. The highest BCUT2D eigenvalue weighted by Gasteiger charge is 2.23. The molecule has 1 aliphatic carbocycles. The van der Waals surface area contributed by atoms with Gasteiger partial charge >= 0.3 is 0 Å². The van der Waals surface area contributed by atoms with Gasteiger partial charge in [0.25, 0.3) is 0 Å². The van der Waals surface area contributed by atoms with E-state index in [0.717, 1.165) is 24.0 Å². The molecule has 2 rings (SSSR count). The topological polar surface area (TPSA) is 84.6 Å². The molecule has 0 bridgehead atoms. The van der Waals surface area contributed by atoms with E-state index in [1.807, 2.05) is 12.1 Å². The zero-order valence-electron chi connectivity index (χ0n) is 10.2. The van der Waals surface area contributed by atoms with E-state index in [9.17, 15) is 9.90 Å². The zero-order valence-corrected chi connectivity index (χ0v) is 10.2. The van der Waals surface area contributed by atoms with Gasteiger partial charge in [-0.15, -0.1) is 0 Å². The number of nitrogens with two attached hydrogens (primary N) is 1. The molecule has 1 aromatic rings. The molecule has 4 N–H and O–H groups in total. The van der Waals surface area contributed by atoms with Crippen LogP contribution < -0.4 is 11.1 Å². The molecule has 1 aromatic carbocycles. The summed E-state index contributed by atoms with van der Waals surface area (Å²) in [5, 5.41) is 13.1. The van der Waals surface area contributed by atoms with Gasteiger partial charge in [-0.2, -0.15) is 0 Å². The van der Waals surface area contributed by atoms with E-state index in [4.69, 9.17) is 10.5 Å². The van der Waals surface area contributed by atoms with E-state index in [2.05, 4.69) is 5.32 Å². The van der Waals surface area contributed by atoms with Crippen LogP contribution in [0.3, 0.4) is 0 Å². The second-order valence-corrected chi connectivity index (χ2v) is 4.41. The molecule has 0 radical (unpaired) electrons. The van der Waals surface area contributed by atoms with Crippen LogP contribution in [0.1, 0.15) is 23.6 Å². The average molecular weight is 250 g/mol. The lowest BCUT2D eigenvalue weighted by molar-refractivity contribution is -0.122. The summed E-state index contributed by atoms with van der Waals surface area (Å²) < 4.78 is 5.08. The summed E-state index contributed by atoms with van der Waals surface area (Å²) in [5.74, 6) is -0.0760. The van der Waals surface area contributed by atoms with Crippen LogP contribution in [0.4, 0.5) is 0 Å². The van der Waals surface area contributed by atoms with Crippen molar-refractivity contribution in [3.8, 4) is 5.75 Å². The van der Waals surface area contributed by atoms with Gasteiger partial charge in [0.2, 0.25) is 5.91 Å². The summed E-state index contributed by atoms with van der Waals surface area (Å²) in [6, 6.07) is 5.86. The van der Waals surface area contributed by atoms with E-state index < -0.39 is 5.91 Å². The molecule has 5 nitrogen and oxygen atoms in total. The Hall–Kier alpha value is -1.59. The van der Waals surface area contributed by atoms with Crippen molar-refractivity contribution in [2.45, 2.75) is 18.9 Å². The van der Waals surface area contributed by atoms with Crippen molar-refractivity contribution in [2.24, 2.45) is 5.73 Å². The molecule has 0 saturated heterocycles. The maximum absolute atomic E-state index is 10.5. The van der Waals surface area contributed by atoms with Gasteiger partial charge in [-0.3, -0.25) is 4.79 Å². The Kier molecular flexibility index (Phi) is 4.17. The van der Waals surface area contributed by atoms with Crippen molar-refractivity contribution in [3.05, 3.63) is 29.3 Å². The van der Waals surface area contributed by atoms with Crippen LogP contribution in [-0.4, -0.2) is 30.8 Å². The van der Waals surface area contributed by atoms with E-state index >= 15 is 0 Å². The Labute approximate surface area is 106 Å². The van der Waals surface area contributed by atoms with Crippen LogP contribution in [0.15, 0.2) is 18.2 Å². The van der Waals surface area contributed by atoms with Crippen LogP contribution >= 0.6 is 0 Å². The smallest absolute Gasteiger partial charge is 0.243 e. The number of carbonyl (C=O) groups is 1. The minimum atomic E-state index is -0.453. The maximum atomic E-state index is 10.5. The minimum Gasteiger partial charge on any atom is -0.508 e. The number of fused-ring (bicyclic) bond motifs is 1. The molecule has 0 saturated carbocycles. The Morgan fingerprint density at radius 1 is 1.56 bits per heavy atom. The number of amides is 1. The maximum Gasteiger partial charge on any atom is 0.243 e. The highest BCUT2D eigenvalue weighted by molar-refractivity contribution is 5.74. The minimum absolute atomic E-state index is 0.0380. The fourth-order valence-electron chi connectivity index (χ4n) is 2.33. The number of rotatable bonds is 6. The molecule has 0 aliphatic heterocycles. The number of hydrogen-bond donors (Lipinski definition) is 3. The van der Waals surface area contributed by atoms with Crippen LogP contribution in [0.5, 0.6) is 5.75 Å². The van der Waals surface area contributed by atoms with Gasteiger partial charge in [0, 0.05) is 12.6 Å². The lowest BCUT2D eigenvalue weighted by Gasteiger charge is -2.14. The number of aromatic hydroxyl groups is 1. The van der Waals surface area contributed by atoms with Gasteiger partial charge in [-0.05, 0) is 30.0 Å². The molecule has 1 unspecified atom stereocenters. The van der Waals surface area contributed by atoms with E-state index in [1.54, 1.807) is 6.07 Å². The Bertz CT molecular complexity index is 434. The molecule has 1 atom stereocenters. The lowest BCUT2D eigenvalue weighted by atomic mass is 10.1. The summed E-state index contributed by atoms with van der Waals surface area (Å²) >= 11 is 0. The fraction of sp³-hybridized carbons (Fsp3) is 0.462. The second kappa shape index (κ2) is 5.84. The predicted octanol–water partition coefficient (Wildman–Crippen LogP) is 0.471. The molecule has 18 heavy (non-hydrogen) atoms. The molecule has 1 aliphatic rings. The number of hydrogen-bond acceptors (Lipinski definition) is 4. The van der Waals surface area contributed by atoms with E-state index in [1.165, 1.54) is 0 Å². The van der Waals surface area contributed by atoms with Crippen molar-refractivity contribution < 1.29 is 14.6 Å². The Morgan fingerprint density at radius 3 is 3.17 bits per heavy atom. The van der Waals surface area contributed by atoms with Crippen LogP contribution in [0, 0.1) is 0 Å². The predicted molar refractivity (Wildman–Crippen MR) is 67.2 cm³/mol. The monoisotopic (exact) mass is 250 g/mol. The van der Waals surface area contributed by atoms with Gasteiger partial charge in [-0.25, -0.2) is 0 Å². The molecule has 0 fully saturated rings. The molecule has 98 valence electrons. The van der Waals surface area contributed by atoms with E-state index in [-0.39, 0.29) is 12.6 Å². The standard InChI is InChI=1S/C13H18N2O3/c14-13(17)8-18-7-6-15-11-5-4-10-9(11)2-1-3-12(10)16/h1-3,11,15-16H,4-8H2,(H2,14,17). The number of benzene rings is 1. The number of ether oxygens (including phenoxy) is 1. The van der Waals surface area contributed by atoms with Crippen molar-refractivity contribution in [2.75, 3.05) is 19.8 Å². The third kappa shape index (κ3) is 3.00. The van der Waals surface area contributed by atoms with Crippen molar-refractivity contribution >= 4 is 5.91 Å². The highest BCUT2D eigenvalue weighted by atomic mass is 16.5. The van der Waals surface area contributed by atoms with Crippen molar-refractivity contribution in [3.63, 3.8) is 0 Å². The summed E-state index contributed by atoms with van der Waals surface area (Å²) in [6.45, 7) is 1.07. The molecular weight excluding hydrogens is 232 g/mol. The molecule has 5 heteroatoms. The van der Waals surface area contributed by atoms with Crippen LogP contribution in [0.2, 0.25) is 0 Å². The van der Waals surface area contributed by atoms with E-state index in [0.29, 0.717) is 18.9 Å². The van der Waals surface area contributed by atoms with Crippen molar-refractivity contribution in [1.82, 2.24) is 5.32 Å². The summed E-state index contributed by atoms with van der Waals surface area (Å²) in [6.07, 6.45) is 1.87. The fourth-order valence-corrected chi connectivity index (χ4v) is 2.33. The van der Waals surface area contributed by atoms with Gasteiger partial charge in [0.1, 0.15) is 12.4 Å². The third-order valence-corrected chi connectivity index (χ3v) is 3.13. The van der Waals surface area contributed by atoms with Crippen LogP contribution in [0.25, 0.3) is 0 Å². The number of phenols is 1. The van der Waals surface area contributed by atoms with Crippen LogP contribution in [-0.2, 0) is 16.0 Å². The summed E-state index contributed by atoms with van der Waals surface area (Å²) in [4.78, 5) is 10.5. The number of carbonyl (C=O) groups excluding carboxylic acids is 1. The largest absolute Gasteiger partial charge is 0.508 e. The van der Waals surface area contributed by atoms with Gasteiger partial charge in [0.05, 0.1) is 6.61 Å². The van der Waals surface area contributed by atoms with Gasteiger partial charge in [-0.1, -0.05) is 12.1 Å². The average Bonchev–Trinajstić information content (AvgIpc) is 2.73. The SMILES string of the molecule is NC(=O)COCCNC1CCc2c(O)cccc21. The number of phenolic OH excluding ortho intramolecular Hbond substituents is 1. The third-order valence-electron chi connectivity index (χ3n) is 3.13. The van der Waals surface area contributed by atoms with Gasteiger partial charge < -0.3 is 20.9 Å². The first-order chi connectivity index (χ1) is 8.68. The first kappa shape index (κ1) is 12.9. The normalized spacial score (nSPS) is 17.7. The molecule has 0 heterocycles. The highest BCUT2D eigenvalue weighted by Crippen LogP contribution is 2.35. The molecule has 0 aromatic heterocycles. The number of primary amides is 1. The Balaban J connectivity index is 1.80.